The predicted octanol–water partition coefficient (Wildman–Crippen LogP) is 3.76. The number of aromatic nitrogens is 2. The van der Waals surface area contributed by atoms with E-state index in [0.29, 0.717) is 0 Å². The van der Waals surface area contributed by atoms with Crippen LogP contribution in [-0.4, -0.2) is 20.4 Å². The van der Waals surface area contributed by atoms with Gasteiger partial charge in [0.1, 0.15) is 0 Å². The Balaban J connectivity index is 1.68. The molecule has 3 nitrogen and oxygen atoms in total. The third kappa shape index (κ3) is 4.24. The number of hydrogen-bond acceptors (Lipinski definition) is 3. The van der Waals surface area contributed by atoms with Crippen molar-refractivity contribution < 1.29 is 5.11 Å². The van der Waals surface area contributed by atoms with Crippen LogP contribution >= 0.6 is 11.8 Å². The molecule has 0 aliphatic heterocycles. The van der Waals surface area contributed by atoms with Gasteiger partial charge in [0.15, 0.2) is 5.16 Å². The van der Waals surface area contributed by atoms with Crippen LogP contribution in [0.15, 0.2) is 72.0 Å². The van der Waals surface area contributed by atoms with Crippen LogP contribution in [-0.2, 0) is 19.6 Å². The van der Waals surface area contributed by atoms with Gasteiger partial charge in [-0.3, -0.25) is 0 Å². The van der Waals surface area contributed by atoms with Crippen molar-refractivity contribution in [2.75, 3.05) is 5.75 Å². The molecule has 23 heavy (non-hydrogen) atoms. The van der Waals surface area contributed by atoms with E-state index >= 15 is 0 Å². The van der Waals surface area contributed by atoms with Gasteiger partial charge >= 0.3 is 0 Å². The van der Waals surface area contributed by atoms with Crippen LogP contribution in [0.4, 0.5) is 0 Å². The zero-order chi connectivity index (χ0) is 15.9. The van der Waals surface area contributed by atoms with E-state index in [1.165, 1.54) is 11.1 Å². The maximum absolute atomic E-state index is 9.54. The molecule has 118 valence electrons. The zero-order valence-electron chi connectivity index (χ0n) is 12.9. The van der Waals surface area contributed by atoms with Gasteiger partial charge < -0.3 is 9.67 Å². The maximum Gasteiger partial charge on any atom is 0.168 e. The van der Waals surface area contributed by atoms with E-state index in [1.807, 2.05) is 24.3 Å². The Labute approximate surface area is 141 Å². The highest BCUT2D eigenvalue weighted by atomic mass is 32.2. The topological polar surface area (TPSA) is 38.1 Å². The summed E-state index contributed by atoms with van der Waals surface area (Å²) in [7, 11) is 0. The molecule has 1 heterocycles. The summed E-state index contributed by atoms with van der Waals surface area (Å²) in [6.45, 7) is 0.753. The number of aliphatic hydroxyl groups excluding tert-OH is 1. The van der Waals surface area contributed by atoms with Crippen molar-refractivity contribution in [3.8, 4) is 0 Å². The first-order valence-electron chi connectivity index (χ1n) is 7.72. The molecule has 0 amide bonds. The van der Waals surface area contributed by atoms with Gasteiger partial charge in [0.2, 0.25) is 0 Å². The second kappa shape index (κ2) is 7.99. The van der Waals surface area contributed by atoms with Crippen molar-refractivity contribution in [3.05, 3.63) is 83.7 Å². The third-order valence-corrected chi connectivity index (χ3v) is 4.70. The highest BCUT2D eigenvalue weighted by Crippen LogP contribution is 2.21. The molecule has 0 spiro atoms. The molecule has 1 N–H and O–H groups in total. The molecule has 0 fully saturated rings. The summed E-state index contributed by atoms with van der Waals surface area (Å²) in [5.74, 6) is 0.973. The second-order valence-corrected chi connectivity index (χ2v) is 6.41. The molecular weight excluding hydrogens is 304 g/mol. The number of aliphatic hydroxyl groups is 1. The molecule has 0 saturated carbocycles. The predicted molar refractivity (Wildman–Crippen MR) is 94.6 cm³/mol. The van der Waals surface area contributed by atoms with Crippen molar-refractivity contribution in [1.82, 2.24) is 9.55 Å². The lowest BCUT2D eigenvalue weighted by atomic mass is 10.2. The molecule has 0 atom stereocenters. The molecule has 0 bridgehead atoms. The fraction of sp³-hybridized carbons (Fsp3) is 0.211. The van der Waals surface area contributed by atoms with Crippen LogP contribution in [0.2, 0.25) is 0 Å². The van der Waals surface area contributed by atoms with Gasteiger partial charge in [-0.25, -0.2) is 4.98 Å². The van der Waals surface area contributed by atoms with Crippen molar-refractivity contribution >= 4 is 11.8 Å². The normalized spacial score (nSPS) is 10.8. The van der Waals surface area contributed by atoms with E-state index in [2.05, 4.69) is 45.9 Å². The minimum absolute atomic E-state index is 0.0130. The Morgan fingerprint density at radius 1 is 0.913 bits per heavy atom. The van der Waals surface area contributed by atoms with Crippen LogP contribution in [0, 0.1) is 0 Å². The first-order chi connectivity index (χ1) is 11.4. The molecular formula is C19H20N2OS. The fourth-order valence-corrected chi connectivity index (χ4v) is 3.46. The number of aryl methyl sites for hydroxylation is 1. The van der Waals surface area contributed by atoms with Crippen molar-refractivity contribution in [3.63, 3.8) is 0 Å². The van der Waals surface area contributed by atoms with Gasteiger partial charge in [-0.05, 0) is 17.5 Å². The Hall–Kier alpha value is -2.04. The van der Waals surface area contributed by atoms with Crippen molar-refractivity contribution in [2.24, 2.45) is 0 Å². The highest BCUT2D eigenvalue weighted by molar-refractivity contribution is 7.99. The molecule has 0 unspecified atom stereocenters. The molecule has 4 heteroatoms. The summed E-state index contributed by atoms with van der Waals surface area (Å²) in [6.07, 6.45) is 2.78. The van der Waals surface area contributed by atoms with E-state index in [-0.39, 0.29) is 6.61 Å². The molecule has 3 aromatic rings. The average Bonchev–Trinajstić information content (AvgIpc) is 2.99. The standard InChI is InChI=1S/C19H20N2OS/c22-15-18-13-20-19(21(18)14-17-9-5-2-6-10-17)23-12-11-16-7-3-1-4-8-16/h1-10,13,22H,11-12,14-15H2. The largest absolute Gasteiger partial charge is 0.390 e. The number of thioether (sulfide) groups is 1. The minimum atomic E-state index is 0.0130. The lowest BCUT2D eigenvalue weighted by molar-refractivity contribution is 0.270. The van der Waals surface area contributed by atoms with E-state index in [4.69, 9.17) is 0 Å². The number of hydrogen-bond donors (Lipinski definition) is 1. The van der Waals surface area contributed by atoms with Gasteiger partial charge in [-0.15, -0.1) is 0 Å². The number of imidazole rings is 1. The number of benzene rings is 2. The SMILES string of the molecule is OCc1cnc(SCCc2ccccc2)n1Cc1ccccc1. The lowest BCUT2D eigenvalue weighted by Crippen LogP contribution is -2.06. The minimum Gasteiger partial charge on any atom is -0.390 e. The first-order valence-corrected chi connectivity index (χ1v) is 8.71. The average molecular weight is 324 g/mol. The summed E-state index contributed by atoms with van der Waals surface area (Å²) < 4.78 is 2.10. The molecule has 0 radical (unpaired) electrons. The van der Waals surface area contributed by atoms with Gasteiger partial charge in [-0.1, -0.05) is 72.4 Å². The van der Waals surface area contributed by atoms with E-state index in [0.717, 1.165) is 29.6 Å². The second-order valence-electron chi connectivity index (χ2n) is 5.35. The Kier molecular flexibility index (Phi) is 5.51. The van der Waals surface area contributed by atoms with Crippen molar-refractivity contribution in [2.45, 2.75) is 24.7 Å². The molecule has 3 rings (SSSR count). The smallest absolute Gasteiger partial charge is 0.168 e. The Morgan fingerprint density at radius 3 is 2.22 bits per heavy atom. The van der Waals surface area contributed by atoms with E-state index in [1.54, 1.807) is 18.0 Å². The fourth-order valence-electron chi connectivity index (χ4n) is 2.47. The van der Waals surface area contributed by atoms with Crippen LogP contribution in [0.25, 0.3) is 0 Å². The lowest BCUT2D eigenvalue weighted by Gasteiger charge is -2.11. The van der Waals surface area contributed by atoms with Crippen LogP contribution in [0.1, 0.15) is 16.8 Å². The molecule has 0 saturated heterocycles. The van der Waals surface area contributed by atoms with Gasteiger partial charge in [-0.2, -0.15) is 0 Å². The molecule has 2 aromatic carbocycles. The third-order valence-electron chi connectivity index (χ3n) is 3.71. The van der Waals surface area contributed by atoms with E-state index in [9.17, 15) is 5.11 Å². The molecule has 0 aliphatic rings. The van der Waals surface area contributed by atoms with Crippen molar-refractivity contribution in [1.29, 1.82) is 0 Å². The monoisotopic (exact) mass is 324 g/mol. The van der Waals surface area contributed by atoms with Gasteiger partial charge in [0, 0.05) is 12.3 Å². The quantitative estimate of drug-likeness (QED) is 0.673. The summed E-state index contributed by atoms with van der Waals surface area (Å²) in [4.78, 5) is 4.48. The Bertz CT molecular complexity index is 726. The summed E-state index contributed by atoms with van der Waals surface area (Å²) in [5, 5.41) is 10.5. The van der Waals surface area contributed by atoms with Crippen LogP contribution in [0.3, 0.4) is 0 Å². The number of rotatable bonds is 7. The van der Waals surface area contributed by atoms with Gasteiger partial charge in [0.05, 0.1) is 18.5 Å². The molecule has 0 aliphatic carbocycles. The Morgan fingerprint density at radius 2 is 1.57 bits per heavy atom. The highest BCUT2D eigenvalue weighted by Gasteiger charge is 2.10. The summed E-state index contributed by atoms with van der Waals surface area (Å²) in [6, 6.07) is 20.8. The van der Waals surface area contributed by atoms with E-state index < -0.39 is 0 Å². The maximum atomic E-state index is 9.54. The first kappa shape index (κ1) is 15.8. The van der Waals surface area contributed by atoms with Gasteiger partial charge in [0.25, 0.3) is 0 Å². The number of nitrogens with zero attached hydrogens (tertiary/aromatic N) is 2. The van der Waals surface area contributed by atoms with Crippen LogP contribution in [0.5, 0.6) is 0 Å². The summed E-state index contributed by atoms with van der Waals surface area (Å²) >= 11 is 1.74. The summed E-state index contributed by atoms with van der Waals surface area (Å²) in [5.41, 5.74) is 3.41. The zero-order valence-corrected chi connectivity index (χ0v) is 13.7. The molecule has 1 aromatic heterocycles. The van der Waals surface area contributed by atoms with Crippen LogP contribution < -0.4 is 0 Å².